The molecule has 6 nitrogen and oxygen atoms in total. The Hall–Kier alpha value is -1.30. The van der Waals surface area contributed by atoms with Crippen molar-refractivity contribution in [1.29, 1.82) is 0 Å². The summed E-state index contributed by atoms with van der Waals surface area (Å²) in [4.78, 5) is 28.3. The van der Waals surface area contributed by atoms with Crippen molar-refractivity contribution in [2.24, 2.45) is 0 Å². The number of hydrogen-bond donors (Lipinski definition) is 1. The summed E-state index contributed by atoms with van der Waals surface area (Å²) in [6, 6.07) is 0.0940. The molecule has 1 unspecified atom stereocenters. The quantitative estimate of drug-likeness (QED) is 0.798. The van der Waals surface area contributed by atoms with Crippen molar-refractivity contribution in [2.45, 2.75) is 32.4 Å². The van der Waals surface area contributed by atoms with Crippen molar-refractivity contribution in [3.05, 3.63) is 0 Å². The standard InChI is InChI=1S/C12H23N3O3/c1-9(2)15(8-11(16)17)12(18)14-6-5-10(7-14)13(3)4/h9-10H,5-8H2,1-4H3,(H,16,17). The van der Waals surface area contributed by atoms with E-state index in [4.69, 9.17) is 5.11 Å². The molecule has 1 saturated heterocycles. The van der Waals surface area contributed by atoms with Crippen LogP contribution in [0.5, 0.6) is 0 Å². The van der Waals surface area contributed by atoms with E-state index in [1.54, 1.807) is 4.90 Å². The van der Waals surface area contributed by atoms with Crippen LogP contribution in [0.3, 0.4) is 0 Å². The number of nitrogens with zero attached hydrogens (tertiary/aromatic N) is 3. The van der Waals surface area contributed by atoms with Crippen LogP contribution in [0.1, 0.15) is 20.3 Å². The van der Waals surface area contributed by atoms with Crippen LogP contribution < -0.4 is 0 Å². The Morgan fingerprint density at radius 1 is 1.39 bits per heavy atom. The van der Waals surface area contributed by atoms with Gasteiger partial charge < -0.3 is 19.8 Å². The predicted molar refractivity (Wildman–Crippen MR) is 68.5 cm³/mol. The van der Waals surface area contributed by atoms with Gasteiger partial charge in [0, 0.05) is 25.2 Å². The molecule has 0 spiro atoms. The van der Waals surface area contributed by atoms with E-state index < -0.39 is 5.97 Å². The Morgan fingerprint density at radius 3 is 2.39 bits per heavy atom. The number of carbonyl (C=O) groups is 2. The SMILES string of the molecule is CC(C)N(CC(=O)O)C(=O)N1CCC(N(C)C)C1. The molecular formula is C12H23N3O3. The number of likely N-dealkylation sites (N-methyl/N-ethyl adjacent to an activating group) is 1. The molecule has 1 fully saturated rings. The van der Waals surface area contributed by atoms with E-state index >= 15 is 0 Å². The lowest BCUT2D eigenvalue weighted by Gasteiger charge is -2.30. The largest absolute Gasteiger partial charge is 0.480 e. The second kappa shape index (κ2) is 6.04. The average Bonchev–Trinajstić information content (AvgIpc) is 2.73. The molecule has 1 atom stereocenters. The minimum atomic E-state index is -0.972. The minimum Gasteiger partial charge on any atom is -0.480 e. The van der Waals surface area contributed by atoms with Gasteiger partial charge in [-0.2, -0.15) is 0 Å². The number of amides is 2. The molecule has 1 aliphatic heterocycles. The Bertz CT molecular complexity index is 318. The summed E-state index contributed by atoms with van der Waals surface area (Å²) in [6.07, 6.45) is 0.942. The van der Waals surface area contributed by atoms with E-state index in [9.17, 15) is 9.59 Å². The Labute approximate surface area is 108 Å². The third-order valence-corrected chi connectivity index (χ3v) is 3.34. The monoisotopic (exact) mass is 257 g/mol. The lowest BCUT2D eigenvalue weighted by Crippen LogP contribution is -2.48. The van der Waals surface area contributed by atoms with Crippen molar-refractivity contribution in [2.75, 3.05) is 33.7 Å². The minimum absolute atomic E-state index is 0.105. The molecule has 1 aliphatic rings. The van der Waals surface area contributed by atoms with Crippen LogP contribution in [0.15, 0.2) is 0 Å². The van der Waals surface area contributed by atoms with Gasteiger partial charge in [0.25, 0.3) is 0 Å². The third-order valence-electron chi connectivity index (χ3n) is 3.34. The van der Waals surface area contributed by atoms with Crippen LogP contribution in [-0.2, 0) is 4.79 Å². The highest BCUT2D eigenvalue weighted by Crippen LogP contribution is 2.16. The van der Waals surface area contributed by atoms with Gasteiger partial charge in [-0.25, -0.2) is 4.79 Å². The van der Waals surface area contributed by atoms with Crippen molar-refractivity contribution >= 4 is 12.0 Å². The molecule has 0 aromatic carbocycles. The van der Waals surface area contributed by atoms with Gasteiger partial charge in [0.05, 0.1) is 0 Å². The first-order valence-corrected chi connectivity index (χ1v) is 6.26. The Morgan fingerprint density at radius 2 is 2.00 bits per heavy atom. The van der Waals surface area contributed by atoms with Crippen LogP contribution in [-0.4, -0.2) is 77.6 Å². The maximum atomic E-state index is 12.3. The smallest absolute Gasteiger partial charge is 0.323 e. The van der Waals surface area contributed by atoms with Crippen molar-refractivity contribution in [1.82, 2.24) is 14.7 Å². The van der Waals surface area contributed by atoms with E-state index in [-0.39, 0.29) is 18.6 Å². The van der Waals surface area contributed by atoms with Crippen LogP contribution >= 0.6 is 0 Å². The first kappa shape index (κ1) is 14.8. The number of carboxylic acid groups (broad SMARTS) is 1. The van der Waals surface area contributed by atoms with Gasteiger partial charge in [-0.1, -0.05) is 0 Å². The van der Waals surface area contributed by atoms with Crippen LogP contribution in [0.2, 0.25) is 0 Å². The maximum Gasteiger partial charge on any atom is 0.323 e. The fourth-order valence-corrected chi connectivity index (χ4v) is 2.14. The molecular weight excluding hydrogens is 234 g/mol. The zero-order valence-corrected chi connectivity index (χ0v) is 11.6. The van der Waals surface area contributed by atoms with Crippen molar-refractivity contribution in [3.63, 3.8) is 0 Å². The van der Waals surface area contributed by atoms with Gasteiger partial charge in [-0.15, -0.1) is 0 Å². The summed E-state index contributed by atoms with van der Waals surface area (Å²) in [6.45, 7) is 4.81. The number of hydrogen-bond acceptors (Lipinski definition) is 3. The fourth-order valence-electron chi connectivity index (χ4n) is 2.14. The number of rotatable bonds is 4. The van der Waals surface area contributed by atoms with E-state index in [2.05, 4.69) is 4.90 Å². The van der Waals surface area contributed by atoms with Gasteiger partial charge in [0.2, 0.25) is 0 Å². The molecule has 6 heteroatoms. The molecule has 18 heavy (non-hydrogen) atoms. The van der Waals surface area contributed by atoms with Crippen molar-refractivity contribution in [3.8, 4) is 0 Å². The number of carbonyl (C=O) groups excluding carboxylic acids is 1. The van der Waals surface area contributed by atoms with Gasteiger partial charge in [0.1, 0.15) is 6.54 Å². The zero-order valence-electron chi connectivity index (χ0n) is 11.6. The second-order valence-corrected chi connectivity index (χ2v) is 5.25. The molecule has 1 N–H and O–H groups in total. The zero-order chi connectivity index (χ0) is 13.9. The molecule has 104 valence electrons. The summed E-state index contributed by atoms with van der Waals surface area (Å²) in [5.74, 6) is -0.972. The first-order valence-electron chi connectivity index (χ1n) is 6.26. The summed E-state index contributed by atoms with van der Waals surface area (Å²) >= 11 is 0. The number of carboxylic acids is 1. The average molecular weight is 257 g/mol. The highest BCUT2D eigenvalue weighted by molar-refractivity contribution is 5.80. The van der Waals surface area contributed by atoms with E-state index in [1.165, 1.54) is 4.90 Å². The van der Waals surface area contributed by atoms with Crippen LogP contribution in [0.4, 0.5) is 4.79 Å². The molecule has 0 aromatic rings. The molecule has 0 saturated carbocycles. The van der Waals surface area contributed by atoms with Gasteiger partial charge >= 0.3 is 12.0 Å². The molecule has 0 aromatic heterocycles. The molecule has 0 radical (unpaired) electrons. The Balaban J connectivity index is 2.64. The Kier molecular flexibility index (Phi) is 4.95. The van der Waals surface area contributed by atoms with E-state index in [0.29, 0.717) is 19.1 Å². The predicted octanol–water partition coefficient (Wildman–Crippen LogP) is 0.537. The first-order chi connectivity index (χ1) is 8.32. The molecule has 0 aliphatic carbocycles. The van der Waals surface area contributed by atoms with Gasteiger partial charge in [0.15, 0.2) is 0 Å². The molecule has 1 heterocycles. The number of aliphatic carboxylic acids is 1. The van der Waals surface area contributed by atoms with Crippen LogP contribution in [0.25, 0.3) is 0 Å². The summed E-state index contributed by atoms with van der Waals surface area (Å²) in [5.41, 5.74) is 0. The number of likely N-dealkylation sites (tertiary alicyclic amines) is 1. The van der Waals surface area contributed by atoms with E-state index in [1.807, 2.05) is 27.9 Å². The normalized spacial score (nSPS) is 19.7. The van der Waals surface area contributed by atoms with Crippen LogP contribution in [0, 0.1) is 0 Å². The fraction of sp³-hybridized carbons (Fsp3) is 0.833. The van der Waals surface area contributed by atoms with Gasteiger partial charge in [-0.3, -0.25) is 4.79 Å². The molecule has 0 bridgehead atoms. The second-order valence-electron chi connectivity index (χ2n) is 5.25. The topological polar surface area (TPSA) is 64.1 Å². The molecule has 2 amide bonds. The van der Waals surface area contributed by atoms with E-state index in [0.717, 1.165) is 6.42 Å². The highest BCUT2D eigenvalue weighted by Gasteiger charge is 2.31. The number of urea groups is 1. The lowest BCUT2D eigenvalue weighted by molar-refractivity contribution is -0.138. The maximum absolute atomic E-state index is 12.3. The molecule has 1 rings (SSSR count). The summed E-state index contributed by atoms with van der Waals surface area (Å²) in [7, 11) is 3.99. The summed E-state index contributed by atoms with van der Waals surface area (Å²) < 4.78 is 0. The third kappa shape index (κ3) is 3.60. The van der Waals surface area contributed by atoms with Crippen molar-refractivity contribution < 1.29 is 14.7 Å². The lowest BCUT2D eigenvalue weighted by atomic mass is 10.2. The highest BCUT2D eigenvalue weighted by atomic mass is 16.4. The summed E-state index contributed by atoms with van der Waals surface area (Å²) in [5, 5.41) is 8.84. The van der Waals surface area contributed by atoms with Gasteiger partial charge in [-0.05, 0) is 34.4 Å².